The van der Waals surface area contributed by atoms with E-state index in [9.17, 15) is 14.9 Å². The zero-order valence-electron chi connectivity index (χ0n) is 17.1. The molecule has 1 amide bonds. The number of hydrogen-bond donors (Lipinski definition) is 1. The third-order valence-corrected chi connectivity index (χ3v) is 4.13. The summed E-state index contributed by atoms with van der Waals surface area (Å²) in [6.45, 7) is 8.63. The van der Waals surface area contributed by atoms with E-state index in [1.54, 1.807) is 13.0 Å². The number of amides is 1. The summed E-state index contributed by atoms with van der Waals surface area (Å²) in [7, 11) is 0. The van der Waals surface area contributed by atoms with Gasteiger partial charge in [-0.05, 0) is 57.5 Å². The van der Waals surface area contributed by atoms with Crippen molar-refractivity contribution in [1.29, 1.82) is 0 Å². The molecule has 0 saturated carbocycles. The molecule has 0 aromatic heterocycles. The maximum absolute atomic E-state index is 12.6. The fourth-order valence-electron chi connectivity index (χ4n) is 2.78. The summed E-state index contributed by atoms with van der Waals surface area (Å²) in [5.74, 6) is 0.953. The van der Waals surface area contributed by atoms with Crippen LogP contribution in [0.4, 0.5) is 5.69 Å². The second-order valence-corrected chi connectivity index (χ2v) is 6.14. The Kier molecular flexibility index (Phi) is 7.82. The van der Waals surface area contributed by atoms with Crippen LogP contribution in [-0.4, -0.2) is 30.7 Å². The number of ether oxygens (including phenoxy) is 3. The molecule has 0 saturated heterocycles. The van der Waals surface area contributed by atoms with E-state index in [0.717, 1.165) is 5.56 Å². The van der Waals surface area contributed by atoms with Gasteiger partial charge in [0.15, 0.2) is 17.2 Å². The fraction of sp³-hybridized carbons (Fsp3) is 0.381. The third-order valence-electron chi connectivity index (χ3n) is 4.13. The normalized spacial score (nSPS) is 11.4. The molecule has 0 aliphatic carbocycles. The van der Waals surface area contributed by atoms with Crippen LogP contribution in [-0.2, 0) is 0 Å². The van der Waals surface area contributed by atoms with Gasteiger partial charge >= 0.3 is 5.69 Å². The predicted molar refractivity (Wildman–Crippen MR) is 109 cm³/mol. The number of benzene rings is 2. The van der Waals surface area contributed by atoms with E-state index in [0.29, 0.717) is 31.3 Å². The number of nitrogens with zero attached hydrogens (tertiary/aromatic N) is 1. The highest BCUT2D eigenvalue weighted by atomic mass is 16.6. The molecule has 1 N–H and O–H groups in total. The van der Waals surface area contributed by atoms with Gasteiger partial charge < -0.3 is 19.5 Å². The number of carbonyl (C=O) groups excluding carboxylic acids is 1. The topological polar surface area (TPSA) is 99.9 Å². The summed E-state index contributed by atoms with van der Waals surface area (Å²) in [5.41, 5.74) is 0.764. The highest BCUT2D eigenvalue weighted by molar-refractivity contribution is 5.95. The van der Waals surface area contributed by atoms with Gasteiger partial charge in [0.25, 0.3) is 5.91 Å². The van der Waals surface area contributed by atoms with Gasteiger partial charge in [-0.25, -0.2) is 0 Å². The molecule has 2 rings (SSSR count). The number of nitro benzene ring substituents is 1. The minimum atomic E-state index is -0.563. The Morgan fingerprint density at radius 2 is 1.55 bits per heavy atom. The molecule has 156 valence electrons. The van der Waals surface area contributed by atoms with Gasteiger partial charge in [0, 0.05) is 11.6 Å². The first-order chi connectivity index (χ1) is 13.9. The van der Waals surface area contributed by atoms with Crippen molar-refractivity contribution in [3.63, 3.8) is 0 Å². The maximum atomic E-state index is 12.6. The molecule has 0 spiro atoms. The lowest BCUT2D eigenvalue weighted by Crippen LogP contribution is -2.26. The largest absolute Gasteiger partial charge is 0.490 e. The minimum absolute atomic E-state index is 0.134. The van der Waals surface area contributed by atoms with Crippen LogP contribution in [0.25, 0.3) is 0 Å². The molecule has 0 aliphatic rings. The van der Waals surface area contributed by atoms with Crippen LogP contribution < -0.4 is 19.5 Å². The van der Waals surface area contributed by atoms with E-state index < -0.39 is 10.8 Å². The lowest BCUT2D eigenvalue weighted by atomic mass is 10.1. The number of nitrogens with one attached hydrogen (secondary N) is 1. The van der Waals surface area contributed by atoms with Crippen LogP contribution in [0.2, 0.25) is 0 Å². The van der Waals surface area contributed by atoms with Gasteiger partial charge in [0.2, 0.25) is 0 Å². The second-order valence-electron chi connectivity index (χ2n) is 6.14. The molecule has 29 heavy (non-hydrogen) atoms. The van der Waals surface area contributed by atoms with Crippen LogP contribution >= 0.6 is 0 Å². The number of hydrogen-bond acceptors (Lipinski definition) is 6. The van der Waals surface area contributed by atoms with Crippen LogP contribution in [0.15, 0.2) is 36.4 Å². The number of rotatable bonds is 10. The zero-order chi connectivity index (χ0) is 21.4. The first kappa shape index (κ1) is 22.0. The van der Waals surface area contributed by atoms with Crippen molar-refractivity contribution >= 4 is 11.6 Å². The summed E-state index contributed by atoms with van der Waals surface area (Å²) >= 11 is 0. The molecule has 0 fully saturated rings. The SMILES string of the molecule is CCOc1ccc([C@@H](C)NC(=O)c2ccc(OCC)c([N+](=O)[O-])c2)cc1OCC. The van der Waals surface area contributed by atoms with Gasteiger partial charge in [0.05, 0.1) is 30.8 Å². The maximum Gasteiger partial charge on any atom is 0.311 e. The van der Waals surface area contributed by atoms with E-state index >= 15 is 0 Å². The van der Waals surface area contributed by atoms with Crippen molar-refractivity contribution in [3.8, 4) is 17.2 Å². The molecular weight excluding hydrogens is 376 g/mol. The summed E-state index contributed by atoms with van der Waals surface area (Å²) in [6, 6.07) is 9.28. The second kappa shape index (κ2) is 10.3. The molecular formula is C21H26N2O6. The minimum Gasteiger partial charge on any atom is -0.490 e. The Balaban J connectivity index is 2.21. The van der Waals surface area contributed by atoms with Crippen molar-refractivity contribution in [2.24, 2.45) is 0 Å². The molecule has 0 bridgehead atoms. The predicted octanol–water partition coefficient (Wildman–Crippen LogP) is 4.28. The first-order valence-electron chi connectivity index (χ1n) is 9.52. The molecule has 0 radical (unpaired) electrons. The average molecular weight is 402 g/mol. The molecule has 1 atom stereocenters. The van der Waals surface area contributed by atoms with Crippen molar-refractivity contribution in [3.05, 3.63) is 57.6 Å². The Morgan fingerprint density at radius 3 is 2.17 bits per heavy atom. The summed E-state index contributed by atoms with van der Waals surface area (Å²) in [6.07, 6.45) is 0. The highest BCUT2D eigenvalue weighted by Crippen LogP contribution is 2.31. The monoisotopic (exact) mass is 402 g/mol. The Hall–Kier alpha value is -3.29. The van der Waals surface area contributed by atoms with E-state index in [1.165, 1.54) is 18.2 Å². The van der Waals surface area contributed by atoms with E-state index in [4.69, 9.17) is 14.2 Å². The van der Waals surface area contributed by atoms with Gasteiger partial charge in [-0.3, -0.25) is 14.9 Å². The number of carbonyl (C=O) groups is 1. The van der Waals surface area contributed by atoms with E-state index in [1.807, 2.05) is 32.9 Å². The summed E-state index contributed by atoms with van der Waals surface area (Å²) in [4.78, 5) is 23.3. The van der Waals surface area contributed by atoms with Crippen LogP contribution in [0.3, 0.4) is 0 Å². The molecule has 8 nitrogen and oxygen atoms in total. The standard InChI is InChI=1S/C21H26N2O6/c1-5-27-18-10-9-16(12-17(18)23(25)26)21(24)22-14(4)15-8-11-19(28-6-2)20(13-15)29-7-3/h8-14H,5-7H2,1-4H3,(H,22,24)/t14-/m1/s1. The van der Waals surface area contributed by atoms with Crippen LogP contribution in [0.5, 0.6) is 17.2 Å². The van der Waals surface area contributed by atoms with Crippen LogP contribution in [0, 0.1) is 10.1 Å². The molecule has 8 heteroatoms. The quantitative estimate of drug-likeness (QED) is 0.470. The molecule has 0 heterocycles. The lowest BCUT2D eigenvalue weighted by molar-refractivity contribution is -0.385. The first-order valence-corrected chi connectivity index (χ1v) is 9.52. The van der Waals surface area contributed by atoms with Gasteiger partial charge in [0.1, 0.15) is 0 Å². The van der Waals surface area contributed by atoms with Crippen molar-refractivity contribution in [2.45, 2.75) is 33.7 Å². The van der Waals surface area contributed by atoms with E-state index in [2.05, 4.69) is 5.32 Å². The van der Waals surface area contributed by atoms with Crippen molar-refractivity contribution in [1.82, 2.24) is 5.32 Å². The molecule has 0 unspecified atom stereocenters. The Labute approximate surface area is 169 Å². The highest BCUT2D eigenvalue weighted by Gasteiger charge is 2.20. The van der Waals surface area contributed by atoms with E-state index in [-0.39, 0.29) is 23.0 Å². The fourth-order valence-corrected chi connectivity index (χ4v) is 2.78. The molecule has 2 aromatic rings. The Morgan fingerprint density at radius 1 is 0.966 bits per heavy atom. The summed E-state index contributed by atoms with van der Waals surface area (Å²) < 4.78 is 16.4. The van der Waals surface area contributed by atoms with Gasteiger partial charge in [-0.1, -0.05) is 6.07 Å². The number of nitro groups is 1. The van der Waals surface area contributed by atoms with Crippen molar-refractivity contribution < 1.29 is 23.9 Å². The smallest absolute Gasteiger partial charge is 0.311 e. The van der Waals surface area contributed by atoms with Gasteiger partial charge in [-0.15, -0.1) is 0 Å². The van der Waals surface area contributed by atoms with Crippen LogP contribution in [0.1, 0.15) is 49.7 Å². The van der Waals surface area contributed by atoms with Gasteiger partial charge in [-0.2, -0.15) is 0 Å². The third kappa shape index (κ3) is 5.60. The lowest BCUT2D eigenvalue weighted by Gasteiger charge is -2.17. The molecule has 0 aliphatic heterocycles. The Bertz CT molecular complexity index is 868. The molecule has 2 aromatic carbocycles. The van der Waals surface area contributed by atoms with Crippen molar-refractivity contribution in [2.75, 3.05) is 19.8 Å². The average Bonchev–Trinajstić information content (AvgIpc) is 2.69. The summed E-state index contributed by atoms with van der Waals surface area (Å²) in [5, 5.41) is 14.1. The zero-order valence-corrected chi connectivity index (χ0v) is 17.1.